The first-order valence-electron chi connectivity index (χ1n) is 27.1. The molecule has 3 nitrogen and oxygen atoms in total. The number of aromatic nitrogens is 2. The zero-order chi connectivity index (χ0) is 51.1. The van der Waals surface area contributed by atoms with Gasteiger partial charge < -0.3 is 14.0 Å². The predicted octanol–water partition coefficient (Wildman–Crippen LogP) is 19.7. The molecule has 0 unspecified atom stereocenters. The molecule has 362 valence electrons. The highest BCUT2D eigenvalue weighted by Crippen LogP contribution is 2.64. The maximum Gasteiger partial charge on any atom is 0.0782 e. The number of hydrogen-bond acceptors (Lipinski definition) is 1. The van der Waals surface area contributed by atoms with E-state index in [1.54, 1.807) is 0 Å². The molecule has 17 rings (SSSR count). The molecule has 15 aromatic rings. The molecule has 0 fully saturated rings. The lowest BCUT2D eigenvalue weighted by atomic mass is 9.70. The Morgan fingerprint density at radius 3 is 1.60 bits per heavy atom. The van der Waals surface area contributed by atoms with Crippen molar-refractivity contribution >= 4 is 82.2 Å². The Morgan fingerprint density at radius 1 is 0.282 bits per heavy atom. The highest BCUT2D eigenvalue weighted by molar-refractivity contribution is 6.17. The average molecular weight is 990 g/mol. The summed E-state index contributed by atoms with van der Waals surface area (Å²) in [5.41, 5.74) is 22.7. The summed E-state index contributed by atoms with van der Waals surface area (Å²) in [6.45, 7) is 0. The zero-order valence-corrected chi connectivity index (χ0v) is 42.5. The van der Waals surface area contributed by atoms with Gasteiger partial charge in [0.2, 0.25) is 0 Å². The second-order valence-electron chi connectivity index (χ2n) is 21.1. The fourth-order valence-corrected chi connectivity index (χ4v) is 14.2. The van der Waals surface area contributed by atoms with E-state index in [0.29, 0.717) is 0 Å². The van der Waals surface area contributed by atoms with Gasteiger partial charge in [0.1, 0.15) is 0 Å². The minimum Gasteiger partial charge on any atom is -0.309 e. The van der Waals surface area contributed by atoms with Gasteiger partial charge in [-0.25, -0.2) is 0 Å². The van der Waals surface area contributed by atoms with Gasteiger partial charge >= 0.3 is 0 Å². The van der Waals surface area contributed by atoms with Crippen molar-refractivity contribution in [1.29, 1.82) is 0 Å². The second kappa shape index (κ2) is 16.4. The van der Waals surface area contributed by atoms with Crippen LogP contribution in [0.5, 0.6) is 0 Å². The van der Waals surface area contributed by atoms with Gasteiger partial charge in [0.25, 0.3) is 0 Å². The number of anilines is 3. The van der Waals surface area contributed by atoms with Crippen molar-refractivity contribution in [2.24, 2.45) is 0 Å². The van der Waals surface area contributed by atoms with E-state index in [0.717, 1.165) is 50.6 Å². The Labute approximate surface area is 451 Å². The van der Waals surface area contributed by atoms with E-state index >= 15 is 0 Å². The van der Waals surface area contributed by atoms with Gasteiger partial charge in [-0.15, -0.1) is 0 Å². The fourth-order valence-electron chi connectivity index (χ4n) is 14.2. The van der Waals surface area contributed by atoms with Crippen LogP contribution < -0.4 is 4.90 Å². The van der Waals surface area contributed by atoms with Crippen molar-refractivity contribution in [3.05, 3.63) is 307 Å². The van der Waals surface area contributed by atoms with Gasteiger partial charge in [0, 0.05) is 44.3 Å². The molecular formula is C75H47N3. The predicted molar refractivity (Wildman–Crippen MR) is 327 cm³/mol. The smallest absolute Gasteiger partial charge is 0.0782 e. The molecule has 1 spiro atoms. The van der Waals surface area contributed by atoms with Crippen LogP contribution in [0.2, 0.25) is 0 Å². The molecule has 0 amide bonds. The Kier molecular flexibility index (Phi) is 9.05. The highest BCUT2D eigenvalue weighted by Gasteiger charge is 2.52. The van der Waals surface area contributed by atoms with Crippen LogP contribution in [0.3, 0.4) is 0 Å². The van der Waals surface area contributed by atoms with Crippen LogP contribution in [0.25, 0.3) is 110 Å². The second-order valence-corrected chi connectivity index (χ2v) is 21.1. The van der Waals surface area contributed by atoms with Crippen molar-refractivity contribution in [2.75, 3.05) is 4.90 Å². The van der Waals surface area contributed by atoms with Crippen molar-refractivity contribution in [1.82, 2.24) is 9.13 Å². The first-order chi connectivity index (χ1) is 38.7. The molecule has 0 radical (unpaired) electrons. The number of nitrogens with zero attached hydrogens (tertiary/aromatic N) is 3. The molecular weight excluding hydrogens is 943 g/mol. The Morgan fingerprint density at radius 2 is 0.821 bits per heavy atom. The average Bonchev–Trinajstić information content (AvgIpc) is 4.23. The summed E-state index contributed by atoms with van der Waals surface area (Å²) in [5.74, 6) is 0. The molecule has 0 aliphatic heterocycles. The van der Waals surface area contributed by atoms with Crippen molar-refractivity contribution < 1.29 is 0 Å². The molecule has 78 heavy (non-hydrogen) atoms. The van der Waals surface area contributed by atoms with Gasteiger partial charge in [-0.3, -0.25) is 0 Å². The minimum atomic E-state index is -0.439. The maximum absolute atomic E-state index is 2.52. The first kappa shape index (κ1) is 43.1. The van der Waals surface area contributed by atoms with E-state index in [2.05, 4.69) is 299 Å². The summed E-state index contributed by atoms with van der Waals surface area (Å²) in [6.07, 6.45) is 0. The standard InChI is InChI=1S/C75H47N3/c1-2-21-51(22-3-1)77-69-36-14-10-28-60(69)64-47-53(43-44-71(64)77)76(72-38-18-31-61-59-27-9-15-37-70(59)78(74(61)72)54-42-41-49-40-39-48-19-4-5-24-55(48)63(49)46-54)52-23-16-20-50(45-52)56-30-17-35-68-73(56)62-29-8-13-34-67(62)75(68)65-32-11-6-25-57(65)58-26-7-12-33-66(58)75/h1-47H. The molecule has 13 aromatic carbocycles. The molecule has 3 heteroatoms. The van der Waals surface area contributed by atoms with Crippen molar-refractivity contribution in [2.45, 2.75) is 5.41 Å². The van der Waals surface area contributed by atoms with E-state index in [4.69, 9.17) is 0 Å². The van der Waals surface area contributed by atoms with E-state index in [1.165, 1.54) is 98.7 Å². The van der Waals surface area contributed by atoms with Gasteiger partial charge in [-0.1, -0.05) is 212 Å². The largest absolute Gasteiger partial charge is 0.309 e. The Balaban J connectivity index is 0.936. The lowest BCUT2D eigenvalue weighted by Gasteiger charge is -2.30. The number of benzene rings is 13. The Hall–Kier alpha value is -10.2. The van der Waals surface area contributed by atoms with Crippen LogP contribution >= 0.6 is 0 Å². The minimum absolute atomic E-state index is 0.439. The quantitative estimate of drug-likeness (QED) is 0.151. The summed E-state index contributed by atoms with van der Waals surface area (Å²) in [4.78, 5) is 2.52. The third-order valence-corrected chi connectivity index (χ3v) is 17.3. The summed E-state index contributed by atoms with van der Waals surface area (Å²) < 4.78 is 4.92. The van der Waals surface area contributed by atoms with Gasteiger partial charge in [-0.05, 0) is 150 Å². The molecule has 0 N–H and O–H groups in total. The molecule has 0 saturated carbocycles. The molecule has 0 bridgehead atoms. The SMILES string of the molecule is c1ccc(-n2c3ccccc3c3cc(N(c4cccc(-c5cccc6c5-c5ccccc5C65c6ccccc6-c6ccccc65)c4)c4cccc5c6ccccc6n(-c6ccc7ccc8ccccc8c7c6)c45)ccc32)cc1. The van der Waals surface area contributed by atoms with E-state index in [9.17, 15) is 0 Å². The van der Waals surface area contributed by atoms with Crippen LogP contribution in [-0.4, -0.2) is 9.13 Å². The monoisotopic (exact) mass is 989 g/mol. The normalized spacial score (nSPS) is 13.0. The number of hydrogen-bond donors (Lipinski definition) is 0. The van der Waals surface area contributed by atoms with Crippen LogP contribution in [0, 0.1) is 0 Å². The van der Waals surface area contributed by atoms with Crippen molar-refractivity contribution in [3.63, 3.8) is 0 Å². The lowest BCUT2D eigenvalue weighted by molar-refractivity contribution is 0.794. The topological polar surface area (TPSA) is 13.1 Å². The van der Waals surface area contributed by atoms with Gasteiger partial charge in [0.15, 0.2) is 0 Å². The van der Waals surface area contributed by atoms with Crippen LogP contribution in [0.15, 0.2) is 285 Å². The third-order valence-electron chi connectivity index (χ3n) is 17.3. The lowest BCUT2D eigenvalue weighted by Crippen LogP contribution is -2.25. The fraction of sp³-hybridized carbons (Fsp3) is 0.0133. The van der Waals surface area contributed by atoms with Crippen LogP contribution in [0.1, 0.15) is 22.3 Å². The van der Waals surface area contributed by atoms with E-state index in [1.807, 2.05) is 0 Å². The molecule has 2 heterocycles. The zero-order valence-electron chi connectivity index (χ0n) is 42.5. The summed E-state index contributed by atoms with van der Waals surface area (Å²) in [7, 11) is 0. The summed E-state index contributed by atoms with van der Waals surface area (Å²) in [5, 5.41) is 9.77. The van der Waals surface area contributed by atoms with Crippen LogP contribution in [0.4, 0.5) is 17.1 Å². The number of fused-ring (bicyclic) bond motifs is 19. The van der Waals surface area contributed by atoms with Crippen LogP contribution in [-0.2, 0) is 5.41 Å². The van der Waals surface area contributed by atoms with Gasteiger partial charge in [-0.2, -0.15) is 0 Å². The number of para-hydroxylation sites is 4. The van der Waals surface area contributed by atoms with Crippen molar-refractivity contribution in [3.8, 4) is 44.8 Å². The third kappa shape index (κ3) is 5.87. The maximum atomic E-state index is 2.52. The first-order valence-corrected chi connectivity index (χ1v) is 27.1. The summed E-state index contributed by atoms with van der Waals surface area (Å²) in [6, 6.07) is 106. The van der Waals surface area contributed by atoms with E-state index < -0.39 is 5.41 Å². The Bertz CT molecular complexity index is 4950. The highest BCUT2D eigenvalue weighted by atomic mass is 15.2. The number of rotatable bonds is 6. The van der Waals surface area contributed by atoms with Gasteiger partial charge in [0.05, 0.1) is 33.2 Å². The van der Waals surface area contributed by atoms with E-state index in [-0.39, 0.29) is 0 Å². The molecule has 0 saturated heterocycles. The molecule has 2 aliphatic carbocycles. The molecule has 2 aliphatic rings. The molecule has 0 atom stereocenters. The summed E-state index contributed by atoms with van der Waals surface area (Å²) >= 11 is 0. The molecule has 2 aromatic heterocycles.